The number of nitrogens with one attached hydrogen (secondary N) is 1. The lowest BCUT2D eigenvalue weighted by molar-refractivity contribution is -0.137. The molecule has 1 aliphatic heterocycles. The normalized spacial score (nSPS) is 18.3. The largest absolute Gasteiger partial charge is 0.416 e. The Bertz CT molecular complexity index is 1230. The van der Waals surface area contributed by atoms with Gasteiger partial charge in [-0.2, -0.15) is 18.4 Å². The lowest BCUT2D eigenvalue weighted by Gasteiger charge is -2.40. The van der Waals surface area contributed by atoms with Crippen molar-refractivity contribution in [3.8, 4) is 6.07 Å². The van der Waals surface area contributed by atoms with Crippen LogP contribution < -0.4 is 10.2 Å². The number of pyridine rings is 1. The third kappa shape index (κ3) is 3.69. The average Bonchev–Trinajstić information content (AvgIpc) is 3.18. The fourth-order valence-electron chi connectivity index (χ4n) is 3.99. The van der Waals surface area contributed by atoms with Gasteiger partial charge in [-0.1, -0.05) is 6.07 Å². The van der Waals surface area contributed by atoms with E-state index in [9.17, 15) is 27.6 Å². The van der Waals surface area contributed by atoms with E-state index in [2.05, 4.69) is 10.3 Å². The maximum atomic E-state index is 13.5. The minimum absolute atomic E-state index is 0.0295. The molecule has 0 bridgehead atoms. The second-order valence-corrected chi connectivity index (χ2v) is 7.36. The number of urea groups is 2. The molecule has 11 heteroatoms. The number of anilines is 1. The Morgan fingerprint density at radius 2 is 1.97 bits per heavy atom. The summed E-state index contributed by atoms with van der Waals surface area (Å²) in [5.41, 5.74) is -0.338. The summed E-state index contributed by atoms with van der Waals surface area (Å²) in [5.74, 6) is -0.348. The van der Waals surface area contributed by atoms with E-state index >= 15 is 0 Å². The minimum atomic E-state index is -4.65. The Morgan fingerprint density at radius 3 is 2.58 bits per heavy atom. The summed E-state index contributed by atoms with van der Waals surface area (Å²) in [5, 5.41) is 11.4. The van der Waals surface area contributed by atoms with Gasteiger partial charge >= 0.3 is 18.2 Å². The number of rotatable bonds is 2. The highest BCUT2D eigenvalue weighted by molar-refractivity contribution is 6.12. The molecular formula is C22H16F3N5O3. The molecule has 1 N–H and O–H groups in total. The van der Waals surface area contributed by atoms with Crippen LogP contribution in [0.5, 0.6) is 0 Å². The highest BCUT2D eigenvalue weighted by Crippen LogP contribution is 2.45. The monoisotopic (exact) mass is 455 g/mol. The molecule has 2 aliphatic rings. The number of amides is 4. The number of halogens is 3. The molecule has 168 valence electrons. The van der Waals surface area contributed by atoms with E-state index in [0.29, 0.717) is 0 Å². The number of carbonyl (C=O) groups excluding carboxylic acids is 3. The number of Topliss-reactive ketones (excluding diaryl/α,β-unsaturated/α-hetero) is 1. The van der Waals surface area contributed by atoms with Gasteiger partial charge in [-0.3, -0.25) is 14.7 Å². The van der Waals surface area contributed by atoms with Crippen molar-refractivity contribution in [3.05, 3.63) is 70.7 Å². The number of alkyl halides is 3. The highest BCUT2D eigenvalue weighted by Gasteiger charge is 2.49. The number of aromatic nitrogens is 1. The van der Waals surface area contributed by atoms with Gasteiger partial charge in [0.2, 0.25) is 0 Å². The molecule has 1 unspecified atom stereocenters. The van der Waals surface area contributed by atoms with E-state index in [0.717, 1.165) is 28.0 Å². The van der Waals surface area contributed by atoms with Gasteiger partial charge in [0.25, 0.3) is 0 Å². The summed E-state index contributed by atoms with van der Waals surface area (Å²) < 4.78 is 39.9. The maximum Gasteiger partial charge on any atom is 0.416 e. The van der Waals surface area contributed by atoms with Crippen LogP contribution in [0, 0.1) is 11.3 Å². The van der Waals surface area contributed by atoms with E-state index in [1.54, 1.807) is 0 Å². The Kier molecular flexibility index (Phi) is 5.37. The molecule has 0 saturated carbocycles. The van der Waals surface area contributed by atoms with Crippen molar-refractivity contribution in [3.63, 3.8) is 0 Å². The third-order valence-electron chi connectivity index (χ3n) is 5.46. The molecule has 33 heavy (non-hydrogen) atoms. The van der Waals surface area contributed by atoms with Crippen LogP contribution in [0.25, 0.3) is 0 Å². The molecule has 1 aromatic carbocycles. The summed E-state index contributed by atoms with van der Waals surface area (Å²) in [6, 6.07) is 5.95. The standard InChI is InChI=1S/C22H16F3N5O3/c1-27-20(32)30-19(15-6-5-12(10-26)11-28-15)18-16(7-8-17(18)31)29(21(30)33)14-4-2-3-13(9-14)22(23,24)25/h2-6,9,11,19H,7-8H2,1H3,(H,27,32). The van der Waals surface area contributed by atoms with Gasteiger partial charge < -0.3 is 5.32 Å². The summed E-state index contributed by atoms with van der Waals surface area (Å²) in [6.07, 6.45) is -3.25. The number of nitrogens with zero attached hydrogens (tertiary/aromatic N) is 4. The number of nitriles is 1. The lowest BCUT2D eigenvalue weighted by atomic mass is 9.96. The van der Waals surface area contributed by atoms with Gasteiger partial charge in [0.05, 0.1) is 22.5 Å². The number of carbonyl (C=O) groups is 3. The second kappa shape index (κ2) is 8.05. The van der Waals surface area contributed by atoms with Crippen molar-refractivity contribution in [1.29, 1.82) is 5.26 Å². The molecule has 0 radical (unpaired) electrons. The van der Waals surface area contributed by atoms with Crippen LogP contribution in [-0.4, -0.2) is 34.8 Å². The summed E-state index contributed by atoms with van der Waals surface area (Å²) in [7, 11) is 1.29. The molecule has 0 fully saturated rings. The second-order valence-electron chi connectivity index (χ2n) is 7.36. The van der Waals surface area contributed by atoms with Crippen LogP contribution in [0.3, 0.4) is 0 Å². The fraction of sp³-hybridized carbons (Fsp3) is 0.227. The average molecular weight is 455 g/mol. The molecule has 1 atom stereocenters. The van der Waals surface area contributed by atoms with Crippen LogP contribution >= 0.6 is 0 Å². The van der Waals surface area contributed by atoms with Crippen LogP contribution in [0.1, 0.15) is 35.7 Å². The van der Waals surface area contributed by atoms with Gasteiger partial charge in [-0.05, 0) is 36.8 Å². The predicted molar refractivity (Wildman–Crippen MR) is 109 cm³/mol. The van der Waals surface area contributed by atoms with Crippen molar-refractivity contribution in [1.82, 2.24) is 15.2 Å². The quantitative estimate of drug-likeness (QED) is 0.739. The van der Waals surface area contributed by atoms with E-state index in [1.807, 2.05) is 6.07 Å². The number of allylic oxidation sites excluding steroid dienone is 1. The molecule has 1 aliphatic carbocycles. The molecule has 0 spiro atoms. The highest BCUT2D eigenvalue weighted by atomic mass is 19.4. The number of benzene rings is 1. The Hall–Kier alpha value is -4.20. The zero-order valence-electron chi connectivity index (χ0n) is 17.2. The fourth-order valence-corrected chi connectivity index (χ4v) is 3.99. The molecule has 2 heterocycles. The first-order chi connectivity index (χ1) is 15.7. The molecular weight excluding hydrogens is 439 g/mol. The zero-order chi connectivity index (χ0) is 23.9. The zero-order valence-corrected chi connectivity index (χ0v) is 17.2. The Labute approximate surface area is 185 Å². The van der Waals surface area contributed by atoms with E-state index in [-0.39, 0.29) is 46.8 Å². The van der Waals surface area contributed by atoms with Crippen molar-refractivity contribution in [2.75, 3.05) is 11.9 Å². The Balaban J connectivity index is 1.93. The SMILES string of the molecule is CNC(=O)N1C(=O)N(c2cccc(C(F)(F)F)c2)C2=C(C(=O)CC2)C1c1ccc(C#N)cn1. The lowest BCUT2D eigenvalue weighted by Crippen LogP contribution is -2.55. The summed E-state index contributed by atoms with van der Waals surface area (Å²) >= 11 is 0. The number of imide groups is 1. The molecule has 0 saturated heterocycles. The first-order valence-corrected chi connectivity index (χ1v) is 9.82. The van der Waals surface area contributed by atoms with E-state index in [4.69, 9.17) is 5.26 Å². The number of hydrogen-bond acceptors (Lipinski definition) is 5. The smallest absolute Gasteiger partial charge is 0.341 e. The van der Waals surface area contributed by atoms with Gasteiger partial charge in [-0.15, -0.1) is 0 Å². The van der Waals surface area contributed by atoms with Crippen molar-refractivity contribution in [2.45, 2.75) is 25.1 Å². The first kappa shape index (κ1) is 22.0. The van der Waals surface area contributed by atoms with E-state index in [1.165, 1.54) is 31.4 Å². The summed E-state index contributed by atoms with van der Waals surface area (Å²) in [4.78, 5) is 45.1. The molecule has 2 aromatic rings. The van der Waals surface area contributed by atoms with Gasteiger partial charge in [0.1, 0.15) is 12.1 Å². The van der Waals surface area contributed by atoms with Gasteiger partial charge in [0.15, 0.2) is 5.78 Å². The van der Waals surface area contributed by atoms with Gasteiger partial charge in [0, 0.05) is 30.9 Å². The van der Waals surface area contributed by atoms with Crippen molar-refractivity contribution < 1.29 is 27.6 Å². The summed E-state index contributed by atoms with van der Waals surface area (Å²) in [6.45, 7) is 0. The third-order valence-corrected chi connectivity index (χ3v) is 5.46. The first-order valence-electron chi connectivity index (χ1n) is 9.82. The minimum Gasteiger partial charge on any atom is -0.341 e. The topological polar surface area (TPSA) is 106 Å². The Morgan fingerprint density at radius 1 is 1.21 bits per heavy atom. The number of hydrogen-bond donors (Lipinski definition) is 1. The van der Waals surface area contributed by atoms with Crippen LogP contribution in [0.4, 0.5) is 28.4 Å². The molecule has 4 amide bonds. The molecule has 4 rings (SSSR count). The van der Waals surface area contributed by atoms with Crippen LogP contribution in [0.15, 0.2) is 53.9 Å². The van der Waals surface area contributed by atoms with Crippen molar-refractivity contribution in [2.24, 2.45) is 0 Å². The maximum absolute atomic E-state index is 13.5. The van der Waals surface area contributed by atoms with Crippen LogP contribution in [-0.2, 0) is 11.0 Å². The molecule has 8 nitrogen and oxygen atoms in total. The van der Waals surface area contributed by atoms with Crippen LogP contribution in [0.2, 0.25) is 0 Å². The van der Waals surface area contributed by atoms with Gasteiger partial charge in [-0.25, -0.2) is 14.5 Å². The molecule has 1 aromatic heterocycles. The predicted octanol–water partition coefficient (Wildman–Crippen LogP) is 3.91. The van der Waals surface area contributed by atoms with Crippen molar-refractivity contribution >= 4 is 23.5 Å². The van der Waals surface area contributed by atoms with E-state index < -0.39 is 29.8 Å². The number of ketones is 1.